The molecule has 2 amide bonds. The van der Waals surface area contributed by atoms with Crippen LogP contribution in [-0.2, 0) is 17.8 Å². The number of fused-ring (bicyclic) bond motifs is 6. The Morgan fingerprint density at radius 3 is 2.67 bits per heavy atom. The van der Waals surface area contributed by atoms with Gasteiger partial charge in [0.2, 0.25) is 5.91 Å². The van der Waals surface area contributed by atoms with E-state index in [1.54, 1.807) is 0 Å². The van der Waals surface area contributed by atoms with Crippen molar-refractivity contribution in [2.24, 2.45) is 0 Å². The van der Waals surface area contributed by atoms with Crippen molar-refractivity contribution < 1.29 is 9.59 Å². The van der Waals surface area contributed by atoms with Gasteiger partial charge >= 0.3 is 0 Å². The molecule has 2 aliphatic heterocycles. The van der Waals surface area contributed by atoms with Gasteiger partial charge in [0.1, 0.15) is 12.7 Å². The lowest BCUT2D eigenvalue weighted by molar-refractivity contribution is -0.122. The summed E-state index contributed by atoms with van der Waals surface area (Å²) in [5.74, 6) is 0.0404. The topological polar surface area (TPSA) is 57.6 Å². The molecule has 5 rings (SSSR count). The monoisotopic (exact) mass is 402 g/mol. The number of carbonyl (C=O) groups is 2. The van der Waals surface area contributed by atoms with Crippen LogP contribution in [-0.4, -0.2) is 40.9 Å². The number of carbonyl (C=O) groups excluding carboxylic acids is 2. The van der Waals surface area contributed by atoms with Crippen molar-refractivity contribution in [3.63, 3.8) is 0 Å². The van der Waals surface area contributed by atoms with E-state index in [1.807, 2.05) is 62.2 Å². The van der Waals surface area contributed by atoms with Crippen molar-refractivity contribution in [1.82, 2.24) is 14.8 Å². The second-order valence-electron chi connectivity index (χ2n) is 8.44. The molecule has 0 fully saturated rings. The first-order valence-corrected chi connectivity index (χ1v) is 10.5. The van der Waals surface area contributed by atoms with E-state index < -0.39 is 0 Å². The van der Waals surface area contributed by atoms with Gasteiger partial charge in [-0.2, -0.15) is 0 Å². The van der Waals surface area contributed by atoms with Crippen LogP contribution >= 0.6 is 0 Å². The molecule has 6 nitrogen and oxygen atoms in total. The molecule has 1 aromatic heterocycles. The third-order valence-electron chi connectivity index (χ3n) is 6.16. The Hall–Kier alpha value is -3.28. The lowest BCUT2D eigenvalue weighted by atomic mass is 9.96. The lowest BCUT2D eigenvalue weighted by Gasteiger charge is -2.46. The van der Waals surface area contributed by atoms with Crippen molar-refractivity contribution in [3.05, 3.63) is 65.4 Å². The zero-order valence-corrected chi connectivity index (χ0v) is 17.6. The van der Waals surface area contributed by atoms with Crippen molar-refractivity contribution in [3.8, 4) is 0 Å². The van der Waals surface area contributed by atoms with E-state index in [9.17, 15) is 9.59 Å². The molecular formula is C24H26N4O2. The summed E-state index contributed by atoms with van der Waals surface area (Å²) in [7, 11) is 2.04. The third kappa shape index (κ3) is 2.70. The van der Waals surface area contributed by atoms with Crippen LogP contribution in [0.25, 0.3) is 10.9 Å². The minimum absolute atomic E-state index is 0.0177. The van der Waals surface area contributed by atoms with Gasteiger partial charge in [-0.15, -0.1) is 0 Å². The predicted molar refractivity (Wildman–Crippen MR) is 118 cm³/mol. The van der Waals surface area contributed by atoms with Gasteiger partial charge in [0.25, 0.3) is 5.91 Å². The largest absolute Gasteiger partial charge is 0.352 e. The minimum Gasteiger partial charge on any atom is -0.352 e. The SMILES string of the molecule is CC(C)NC(=O)Cn1c2c(c3ccccc31)CCN1C(=O)c3ccccc3N(C)[C@@H]21. The van der Waals surface area contributed by atoms with E-state index in [2.05, 4.69) is 26.9 Å². The Balaban J connectivity index is 1.70. The second-order valence-corrected chi connectivity index (χ2v) is 8.44. The Bertz CT molecular complexity index is 1160. The molecule has 3 aromatic rings. The van der Waals surface area contributed by atoms with Gasteiger partial charge in [0.05, 0.1) is 16.9 Å². The molecule has 0 aliphatic carbocycles. The average Bonchev–Trinajstić information content (AvgIpc) is 3.05. The van der Waals surface area contributed by atoms with Crippen LogP contribution in [0.3, 0.4) is 0 Å². The first-order valence-electron chi connectivity index (χ1n) is 10.5. The molecule has 3 heterocycles. The Morgan fingerprint density at radius 1 is 1.13 bits per heavy atom. The highest BCUT2D eigenvalue weighted by Crippen LogP contribution is 2.44. The van der Waals surface area contributed by atoms with Crippen LogP contribution in [0.5, 0.6) is 0 Å². The Kier molecular flexibility index (Phi) is 4.31. The number of amides is 2. The number of anilines is 1. The average molecular weight is 402 g/mol. The predicted octanol–water partition coefficient (Wildman–Crippen LogP) is 3.31. The number of benzene rings is 2. The van der Waals surface area contributed by atoms with Crippen molar-refractivity contribution in [1.29, 1.82) is 0 Å². The minimum atomic E-state index is -0.226. The van der Waals surface area contributed by atoms with Gasteiger partial charge in [-0.1, -0.05) is 30.3 Å². The summed E-state index contributed by atoms with van der Waals surface area (Å²) in [4.78, 5) is 30.2. The third-order valence-corrected chi connectivity index (χ3v) is 6.16. The molecule has 0 saturated heterocycles. The van der Waals surface area contributed by atoms with Crippen molar-refractivity contribution in [2.45, 2.75) is 39.0 Å². The number of hydrogen-bond acceptors (Lipinski definition) is 3. The summed E-state index contributed by atoms with van der Waals surface area (Å²) < 4.78 is 2.11. The fourth-order valence-electron chi connectivity index (χ4n) is 4.99. The first-order chi connectivity index (χ1) is 14.5. The molecule has 2 aromatic carbocycles. The fraction of sp³-hybridized carbons (Fsp3) is 0.333. The van der Waals surface area contributed by atoms with E-state index in [0.717, 1.165) is 28.9 Å². The molecule has 154 valence electrons. The summed E-state index contributed by atoms with van der Waals surface area (Å²) >= 11 is 0. The van der Waals surface area contributed by atoms with Gasteiger partial charge in [0, 0.05) is 30.5 Å². The number of rotatable bonds is 3. The highest BCUT2D eigenvalue weighted by molar-refractivity contribution is 6.02. The smallest absolute Gasteiger partial charge is 0.257 e. The van der Waals surface area contributed by atoms with E-state index >= 15 is 0 Å². The van der Waals surface area contributed by atoms with Gasteiger partial charge in [-0.25, -0.2) is 0 Å². The van der Waals surface area contributed by atoms with E-state index in [-0.39, 0.29) is 30.6 Å². The highest BCUT2D eigenvalue weighted by atomic mass is 16.2. The highest BCUT2D eigenvalue weighted by Gasteiger charge is 2.42. The van der Waals surface area contributed by atoms with Gasteiger partial charge < -0.3 is 19.7 Å². The normalized spacial score (nSPS) is 17.7. The van der Waals surface area contributed by atoms with Gasteiger partial charge in [-0.3, -0.25) is 9.59 Å². The molecule has 0 unspecified atom stereocenters. The summed E-state index contributed by atoms with van der Waals surface area (Å²) in [6.07, 6.45) is 0.558. The van der Waals surface area contributed by atoms with E-state index in [0.29, 0.717) is 6.54 Å². The van der Waals surface area contributed by atoms with Crippen molar-refractivity contribution >= 4 is 28.4 Å². The molecule has 6 heteroatoms. The van der Waals surface area contributed by atoms with Crippen LogP contribution < -0.4 is 10.2 Å². The van der Waals surface area contributed by atoms with E-state index in [4.69, 9.17) is 0 Å². The van der Waals surface area contributed by atoms with E-state index in [1.165, 1.54) is 10.9 Å². The van der Waals surface area contributed by atoms with Crippen LogP contribution in [0.1, 0.15) is 41.6 Å². The van der Waals surface area contributed by atoms with Gasteiger partial charge in [-0.05, 0) is 44.0 Å². The maximum absolute atomic E-state index is 13.3. The standard InChI is InChI=1S/C24H26N4O2/c1-15(2)25-21(29)14-28-20-11-7-4-8-16(20)17-12-13-27-23(22(17)28)26(3)19-10-6-5-9-18(19)24(27)30/h4-11,15,23H,12-14H2,1-3H3,(H,25,29)/t23-/m1/s1. The number of nitrogens with zero attached hydrogens (tertiary/aromatic N) is 3. The lowest BCUT2D eigenvalue weighted by Crippen LogP contribution is -2.51. The van der Waals surface area contributed by atoms with Crippen LogP contribution in [0.15, 0.2) is 48.5 Å². The van der Waals surface area contributed by atoms with Crippen molar-refractivity contribution in [2.75, 3.05) is 18.5 Å². The zero-order chi connectivity index (χ0) is 21.0. The summed E-state index contributed by atoms with van der Waals surface area (Å²) in [5, 5.41) is 4.18. The van der Waals surface area contributed by atoms with Crippen LogP contribution in [0.4, 0.5) is 5.69 Å². The molecule has 1 atom stereocenters. The fourth-order valence-corrected chi connectivity index (χ4v) is 4.99. The molecule has 1 N–H and O–H groups in total. The number of aromatic nitrogens is 1. The maximum atomic E-state index is 13.3. The quantitative estimate of drug-likeness (QED) is 0.731. The van der Waals surface area contributed by atoms with Crippen LogP contribution in [0.2, 0.25) is 0 Å². The molecule has 30 heavy (non-hydrogen) atoms. The molecule has 0 radical (unpaired) electrons. The second kappa shape index (κ2) is 6.90. The maximum Gasteiger partial charge on any atom is 0.257 e. The molecular weight excluding hydrogens is 376 g/mol. The Labute approximate surface area is 176 Å². The number of nitrogens with one attached hydrogen (secondary N) is 1. The number of hydrogen-bond donors (Lipinski definition) is 1. The van der Waals surface area contributed by atoms with Crippen LogP contribution in [0, 0.1) is 0 Å². The summed E-state index contributed by atoms with van der Waals surface area (Å²) in [6, 6.07) is 16.1. The molecule has 2 aliphatic rings. The zero-order valence-electron chi connectivity index (χ0n) is 17.6. The molecule has 0 spiro atoms. The first kappa shape index (κ1) is 18.7. The summed E-state index contributed by atoms with van der Waals surface area (Å²) in [5.41, 5.74) is 5.00. The molecule has 0 saturated carbocycles. The number of para-hydroxylation sites is 2. The summed E-state index contributed by atoms with van der Waals surface area (Å²) in [6.45, 7) is 4.84. The molecule has 0 bridgehead atoms. The Morgan fingerprint density at radius 2 is 1.87 bits per heavy atom. The van der Waals surface area contributed by atoms with Gasteiger partial charge in [0.15, 0.2) is 0 Å².